The van der Waals surface area contributed by atoms with Crippen LogP contribution in [0.15, 0.2) is 35.3 Å². The lowest BCUT2D eigenvalue weighted by atomic mass is 9.97. The zero-order chi connectivity index (χ0) is 19.1. The normalized spacial score (nSPS) is 27.7. The van der Waals surface area contributed by atoms with Crippen LogP contribution in [0.4, 0.5) is 0 Å². The summed E-state index contributed by atoms with van der Waals surface area (Å²) in [6.45, 7) is 9.71. The number of likely N-dealkylation sites (N-methyl/N-ethyl adjacent to an activating group) is 1. The van der Waals surface area contributed by atoms with Gasteiger partial charge in [0.05, 0.1) is 6.54 Å². The van der Waals surface area contributed by atoms with E-state index in [1.165, 1.54) is 37.8 Å². The van der Waals surface area contributed by atoms with Crippen LogP contribution in [0.5, 0.6) is 0 Å². The van der Waals surface area contributed by atoms with Crippen LogP contribution in [-0.4, -0.2) is 67.1 Å². The van der Waals surface area contributed by atoms with Gasteiger partial charge in [-0.1, -0.05) is 30.3 Å². The van der Waals surface area contributed by atoms with Crippen LogP contribution < -0.4 is 10.6 Å². The minimum absolute atomic E-state index is 0.506. The molecule has 0 spiro atoms. The van der Waals surface area contributed by atoms with E-state index in [9.17, 15) is 0 Å². The molecule has 0 radical (unpaired) electrons. The fourth-order valence-electron chi connectivity index (χ4n) is 4.32. The first-order valence-corrected chi connectivity index (χ1v) is 10.7. The molecule has 0 aliphatic carbocycles. The topological polar surface area (TPSA) is 42.9 Å². The number of hydrogen-bond acceptors (Lipinski definition) is 3. The van der Waals surface area contributed by atoms with Crippen LogP contribution in [0.1, 0.15) is 45.1 Å². The molecule has 3 unspecified atom stereocenters. The molecule has 2 fully saturated rings. The molecule has 150 valence electrons. The van der Waals surface area contributed by atoms with Crippen LogP contribution in [0.3, 0.4) is 0 Å². The summed E-state index contributed by atoms with van der Waals surface area (Å²) in [7, 11) is 2.22. The molecule has 2 heterocycles. The Bertz CT molecular complexity index is 588. The quantitative estimate of drug-likeness (QED) is 0.596. The minimum atomic E-state index is 0.506. The molecule has 2 saturated heterocycles. The maximum atomic E-state index is 4.89. The lowest BCUT2D eigenvalue weighted by Gasteiger charge is -2.38. The Kier molecular flexibility index (Phi) is 7.53. The van der Waals surface area contributed by atoms with E-state index in [0.29, 0.717) is 18.1 Å². The first-order valence-electron chi connectivity index (χ1n) is 10.7. The molecule has 5 nitrogen and oxygen atoms in total. The van der Waals surface area contributed by atoms with Gasteiger partial charge in [0.2, 0.25) is 0 Å². The second kappa shape index (κ2) is 10.1. The third-order valence-corrected chi connectivity index (χ3v) is 6.06. The van der Waals surface area contributed by atoms with Crippen molar-refractivity contribution in [3.63, 3.8) is 0 Å². The predicted molar refractivity (Wildman–Crippen MR) is 114 cm³/mol. The van der Waals surface area contributed by atoms with Crippen molar-refractivity contribution in [3.05, 3.63) is 35.9 Å². The Hall–Kier alpha value is -1.59. The van der Waals surface area contributed by atoms with Gasteiger partial charge in [0.25, 0.3) is 0 Å². The van der Waals surface area contributed by atoms with E-state index < -0.39 is 0 Å². The van der Waals surface area contributed by atoms with Gasteiger partial charge in [-0.25, -0.2) is 0 Å². The number of rotatable bonds is 6. The van der Waals surface area contributed by atoms with Gasteiger partial charge >= 0.3 is 0 Å². The second-order valence-corrected chi connectivity index (χ2v) is 8.17. The Morgan fingerprint density at radius 1 is 1.19 bits per heavy atom. The summed E-state index contributed by atoms with van der Waals surface area (Å²) in [5, 5.41) is 7.15. The van der Waals surface area contributed by atoms with Crippen molar-refractivity contribution < 1.29 is 0 Å². The average molecular weight is 372 g/mol. The summed E-state index contributed by atoms with van der Waals surface area (Å²) in [5.41, 5.74) is 1.41. The number of benzene rings is 1. The number of piperidine rings is 1. The fraction of sp³-hybridized carbons (Fsp3) is 0.682. The Labute approximate surface area is 165 Å². The molecule has 0 aromatic heterocycles. The van der Waals surface area contributed by atoms with Gasteiger partial charge in [0, 0.05) is 37.8 Å². The first-order chi connectivity index (χ1) is 13.2. The third-order valence-electron chi connectivity index (χ3n) is 6.06. The molecule has 1 aromatic rings. The van der Waals surface area contributed by atoms with Crippen LogP contribution in [0.25, 0.3) is 0 Å². The van der Waals surface area contributed by atoms with Crippen LogP contribution in [-0.2, 0) is 6.54 Å². The molecular weight excluding hydrogens is 334 g/mol. The second-order valence-electron chi connectivity index (χ2n) is 8.17. The van der Waals surface area contributed by atoms with Crippen molar-refractivity contribution in [2.75, 3.05) is 33.2 Å². The van der Waals surface area contributed by atoms with Crippen molar-refractivity contribution in [1.82, 2.24) is 20.4 Å². The summed E-state index contributed by atoms with van der Waals surface area (Å²) in [4.78, 5) is 9.93. The molecule has 2 aliphatic rings. The number of likely N-dealkylation sites (tertiary alicyclic amines) is 2. The van der Waals surface area contributed by atoms with Crippen LogP contribution in [0.2, 0.25) is 0 Å². The van der Waals surface area contributed by atoms with Gasteiger partial charge in [-0.3, -0.25) is 9.89 Å². The number of guanidine groups is 1. The largest absolute Gasteiger partial charge is 0.357 e. The van der Waals surface area contributed by atoms with Crippen molar-refractivity contribution in [1.29, 1.82) is 0 Å². The lowest BCUT2D eigenvalue weighted by molar-refractivity contribution is 0.134. The van der Waals surface area contributed by atoms with Crippen molar-refractivity contribution in [3.8, 4) is 0 Å². The summed E-state index contributed by atoms with van der Waals surface area (Å²) >= 11 is 0. The molecular formula is C22H37N5. The summed E-state index contributed by atoms with van der Waals surface area (Å²) < 4.78 is 0. The maximum absolute atomic E-state index is 4.89. The predicted octanol–water partition coefficient (Wildman–Crippen LogP) is 2.69. The SMILES string of the molecule is CCNC(=NCC1CCCN1C)NC1CCN(Cc2ccccc2)C(C)C1. The molecule has 0 saturated carbocycles. The standard InChI is InChI=1S/C22H37N5/c1-4-23-22(24-16-21-11-8-13-26(21)3)25-20-12-14-27(18(2)15-20)17-19-9-6-5-7-10-19/h5-7,9-10,18,20-21H,4,8,11-17H2,1-3H3,(H2,23,24,25). The molecule has 3 atom stereocenters. The highest BCUT2D eigenvalue weighted by atomic mass is 15.2. The monoisotopic (exact) mass is 371 g/mol. The Morgan fingerprint density at radius 2 is 2.00 bits per heavy atom. The smallest absolute Gasteiger partial charge is 0.191 e. The molecule has 27 heavy (non-hydrogen) atoms. The van der Waals surface area contributed by atoms with E-state index in [4.69, 9.17) is 4.99 Å². The van der Waals surface area contributed by atoms with Gasteiger partial charge in [0.15, 0.2) is 5.96 Å². The summed E-state index contributed by atoms with van der Waals surface area (Å²) in [5.74, 6) is 0.992. The number of hydrogen-bond donors (Lipinski definition) is 2. The highest BCUT2D eigenvalue weighted by Crippen LogP contribution is 2.20. The zero-order valence-corrected chi connectivity index (χ0v) is 17.3. The average Bonchev–Trinajstić information content (AvgIpc) is 3.08. The third kappa shape index (κ3) is 5.94. The van der Waals surface area contributed by atoms with Crippen molar-refractivity contribution in [2.45, 2.75) is 64.2 Å². The first kappa shape index (κ1) is 20.2. The number of nitrogens with zero attached hydrogens (tertiary/aromatic N) is 3. The van der Waals surface area contributed by atoms with E-state index in [0.717, 1.165) is 32.1 Å². The van der Waals surface area contributed by atoms with Gasteiger partial charge in [0.1, 0.15) is 0 Å². The van der Waals surface area contributed by atoms with E-state index in [1.54, 1.807) is 0 Å². The summed E-state index contributed by atoms with van der Waals surface area (Å²) in [6, 6.07) is 12.5. The van der Waals surface area contributed by atoms with Gasteiger partial charge < -0.3 is 15.5 Å². The fourth-order valence-corrected chi connectivity index (χ4v) is 4.32. The number of aliphatic imine (C=N–C) groups is 1. The highest BCUT2D eigenvalue weighted by molar-refractivity contribution is 5.80. The highest BCUT2D eigenvalue weighted by Gasteiger charge is 2.26. The minimum Gasteiger partial charge on any atom is -0.357 e. The number of nitrogens with one attached hydrogen (secondary N) is 2. The van der Waals surface area contributed by atoms with Gasteiger partial charge in [-0.15, -0.1) is 0 Å². The maximum Gasteiger partial charge on any atom is 0.191 e. The molecule has 5 heteroatoms. The molecule has 0 amide bonds. The van der Waals surface area contributed by atoms with Crippen molar-refractivity contribution >= 4 is 5.96 Å². The zero-order valence-electron chi connectivity index (χ0n) is 17.3. The molecule has 0 bridgehead atoms. The van der Waals surface area contributed by atoms with Crippen molar-refractivity contribution in [2.24, 2.45) is 4.99 Å². The lowest BCUT2D eigenvalue weighted by Crippen LogP contribution is -2.51. The van der Waals surface area contributed by atoms with Gasteiger partial charge in [-0.05, 0) is 58.7 Å². The van der Waals surface area contributed by atoms with Crippen LogP contribution >= 0.6 is 0 Å². The Balaban J connectivity index is 1.50. The molecule has 2 N–H and O–H groups in total. The van der Waals surface area contributed by atoms with Crippen LogP contribution in [0, 0.1) is 0 Å². The molecule has 2 aliphatic heterocycles. The van der Waals surface area contributed by atoms with E-state index >= 15 is 0 Å². The van der Waals surface area contributed by atoms with E-state index in [-0.39, 0.29) is 0 Å². The van der Waals surface area contributed by atoms with E-state index in [1.807, 2.05) is 0 Å². The Morgan fingerprint density at radius 3 is 2.67 bits per heavy atom. The van der Waals surface area contributed by atoms with E-state index in [2.05, 4.69) is 71.7 Å². The summed E-state index contributed by atoms with van der Waals surface area (Å²) in [6.07, 6.45) is 4.91. The molecule has 3 rings (SSSR count). The molecule has 1 aromatic carbocycles. The van der Waals surface area contributed by atoms with Gasteiger partial charge in [-0.2, -0.15) is 0 Å².